The number of hydrogen-bond donors (Lipinski definition) is 0. The summed E-state index contributed by atoms with van der Waals surface area (Å²) in [5.41, 5.74) is 0.708. The van der Waals surface area contributed by atoms with Crippen molar-refractivity contribution in [3.8, 4) is 0 Å². The number of amides is 1. The molecule has 2 rings (SSSR count). The van der Waals surface area contributed by atoms with Gasteiger partial charge in [0.2, 0.25) is 5.91 Å². The molecule has 1 saturated heterocycles. The average Bonchev–Trinajstić information content (AvgIpc) is 2.62. The van der Waals surface area contributed by atoms with Gasteiger partial charge in [-0.3, -0.25) is 9.48 Å². The molecule has 1 atom stereocenters. The van der Waals surface area contributed by atoms with Crippen LogP contribution in [0.3, 0.4) is 0 Å². The summed E-state index contributed by atoms with van der Waals surface area (Å²) in [6.07, 6.45) is 6.47. The second kappa shape index (κ2) is 5.35. The molecule has 0 spiro atoms. The molecular weight excluding hydrogens is 238 g/mol. The monoisotopic (exact) mass is 263 g/mol. The molecule has 2 heterocycles. The highest BCUT2D eigenvalue weighted by molar-refractivity contribution is 5.82. The maximum atomic E-state index is 12.7. The van der Waals surface area contributed by atoms with E-state index in [0.717, 1.165) is 25.1 Å². The molecular formula is C15H25N3O. The van der Waals surface area contributed by atoms with Crippen molar-refractivity contribution in [3.05, 3.63) is 18.0 Å². The SMILES string of the molecule is Cn1ccc(C2CCCCCN2C(=O)C(C)(C)C)n1. The van der Waals surface area contributed by atoms with Crippen LogP contribution in [0.5, 0.6) is 0 Å². The third-order valence-corrected chi connectivity index (χ3v) is 3.73. The summed E-state index contributed by atoms with van der Waals surface area (Å²) < 4.78 is 1.82. The van der Waals surface area contributed by atoms with Crippen LogP contribution in [0.1, 0.15) is 58.2 Å². The summed E-state index contributed by atoms with van der Waals surface area (Å²) in [6.45, 7) is 6.85. The molecule has 1 fully saturated rings. The van der Waals surface area contributed by atoms with Crippen molar-refractivity contribution in [2.45, 2.75) is 52.5 Å². The highest BCUT2D eigenvalue weighted by Gasteiger charge is 2.34. The summed E-state index contributed by atoms with van der Waals surface area (Å²) in [5.74, 6) is 0.241. The molecule has 1 amide bonds. The highest BCUT2D eigenvalue weighted by atomic mass is 16.2. The fraction of sp³-hybridized carbons (Fsp3) is 0.733. The van der Waals surface area contributed by atoms with E-state index in [-0.39, 0.29) is 17.4 Å². The predicted molar refractivity (Wildman–Crippen MR) is 75.6 cm³/mol. The molecule has 0 bridgehead atoms. The number of hydrogen-bond acceptors (Lipinski definition) is 2. The molecule has 1 aromatic heterocycles. The minimum Gasteiger partial charge on any atom is -0.334 e. The molecule has 0 aromatic carbocycles. The van der Waals surface area contributed by atoms with E-state index in [1.165, 1.54) is 12.8 Å². The van der Waals surface area contributed by atoms with Gasteiger partial charge in [0.25, 0.3) is 0 Å². The molecule has 1 unspecified atom stereocenters. The number of nitrogens with zero attached hydrogens (tertiary/aromatic N) is 3. The summed E-state index contributed by atoms with van der Waals surface area (Å²) >= 11 is 0. The fourth-order valence-corrected chi connectivity index (χ4v) is 2.70. The van der Waals surface area contributed by atoms with Crippen molar-refractivity contribution in [1.82, 2.24) is 14.7 Å². The Kier molecular flexibility index (Phi) is 3.97. The maximum absolute atomic E-state index is 12.7. The van der Waals surface area contributed by atoms with Gasteiger partial charge in [-0.1, -0.05) is 33.6 Å². The largest absolute Gasteiger partial charge is 0.334 e. The van der Waals surface area contributed by atoms with Crippen LogP contribution in [0.15, 0.2) is 12.3 Å². The molecule has 0 N–H and O–H groups in total. The Morgan fingerprint density at radius 3 is 2.63 bits per heavy atom. The first-order chi connectivity index (χ1) is 8.89. The number of carbonyl (C=O) groups excluding carboxylic acids is 1. The average molecular weight is 263 g/mol. The Bertz CT molecular complexity index is 444. The molecule has 0 saturated carbocycles. The van der Waals surface area contributed by atoms with E-state index < -0.39 is 0 Å². The van der Waals surface area contributed by atoms with Gasteiger partial charge >= 0.3 is 0 Å². The lowest BCUT2D eigenvalue weighted by molar-refractivity contribution is -0.142. The predicted octanol–water partition coefficient (Wildman–Crippen LogP) is 2.91. The van der Waals surface area contributed by atoms with E-state index >= 15 is 0 Å². The van der Waals surface area contributed by atoms with E-state index in [9.17, 15) is 4.79 Å². The van der Waals surface area contributed by atoms with Crippen molar-refractivity contribution in [3.63, 3.8) is 0 Å². The Morgan fingerprint density at radius 1 is 1.32 bits per heavy atom. The smallest absolute Gasteiger partial charge is 0.228 e. The van der Waals surface area contributed by atoms with Crippen molar-refractivity contribution in [2.75, 3.05) is 6.54 Å². The van der Waals surface area contributed by atoms with Crippen LogP contribution in [-0.2, 0) is 11.8 Å². The molecule has 19 heavy (non-hydrogen) atoms. The van der Waals surface area contributed by atoms with Crippen LogP contribution in [-0.4, -0.2) is 27.1 Å². The Morgan fingerprint density at radius 2 is 2.05 bits per heavy atom. The lowest BCUT2D eigenvalue weighted by Gasteiger charge is -2.34. The first-order valence-electron chi connectivity index (χ1n) is 7.20. The number of carbonyl (C=O) groups is 1. The topological polar surface area (TPSA) is 38.1 Å². The van der Waals surface area contributed by atoms with Gasteiger partial charge in [-0.2, -0.15) is 5.10 Å². The molecule has 0 aliphatic carbocycles. The first kappa shape index (κ1) is 14.1. The third-order valence-electron chi connectivity index (χ3n) is 3.73. The molecule has 1 aliphatic heterocycles. The van der Waals surface area contributed by atoms with E-state index in [1.807, 2.05) is 44.8 Å². The van der Waals surface area contributed by atoms with Crippen LogP contribution in [0.4, 0.5) is 0 Å². The zero-order valence-corrected chi connectivity index (χ0v) is 12.5. The van der Waals surface area contributed by atoms with Crippen LogP contribution in [0, 0.1) is 5.41 Å². The third kappa shape index (κ3) is 3.17. The lowest BCUT2D eigenvalue weighted by Crippen LogP contribution is -2.42. The zero-order chi connectivity index (χ0) is 14.0. The lowest BCUT2D eigenvalue weighted by atomic mass is 9.93. The van der Waals surface area contributed by atoms with Gasteiger partial charge in [0.15, 0.2) is 0 Å². The summed E-state index contributed by atoms with van der Waals surface area (Å²) in [6, 6.07) is 2.19. The van der Waals surface area contributed by atoms with Crippen molar-refractivity contribution < 1.29 is 4.79 Å². The van der Waals surface area contributed by atoms with Crippen LogP contribution in [0.2, 0.25) is 0 Å². The minimum absolute atomic E-state index is 0.149. The van der Waals surface area contributed by atoms with E-state index in [1.54, 1.807) is 0 Å². The fourth-order valence-electron chi connectivity index (χ4n) is 2.70. The Labute approximate surface area is 115 Å². The molecule has 0 radical (unpaired) electrons. The second-order valence-electron chi connectivity index (χ2n) is 6.53. The number of rotatable bonds is 1. The minimum atomic E-state index is -0.322. The molecule has 1 aromatic rings. The summed E-state index contributed by atoms with van der Waals surface area (Å²) in [4.78, 5) is 14.7. The van der Waals surface area contributed by atoms with Gasteiger partial charge in [0.1, 0.15) is 0 Å². The van der Waals surface area contributed by atoms with Crippen LogP contribution < -0.4 is 0 Å². The number of aromatic nitrogens is 2. The Hall–Kier alpha value is -1.32. The van der Waals surface area contributed by atoms with Gasteiger partial charge in [0.05, 0.1) is 11.7 Å². The maximum Gasteiger partial charge on any atom is 0.228 e. The van der Waals surface area contributed by atoms with Gasteiger partial charge in [-0.25, -0.2) is 0 Å². The van der Waals surface area contributed by atoms with Crippen molar-refractivity contribution in [2.24, 2.45) is 12.5 Å². The van der Waals surface area contributed by atoms with Crippen LogP contribution >= 0.6 is 0 Å². The molecule has 4 heteroatoms. The number of likely N-dealkylation sites (tertiary alicyclic amines) is 1. The number of aryl methyl sites for hydroxylation is 1. The van der Waals surface area contributed by atoms with E-state index in [0.29, 0.717) is 0 Å². The standard InChI is InChI=1S/C15H25N3O/c1-15(2,3)14(19)18-10-7-5-6-8-13(18)12-9-11-17(4)16-12/h9,11,13H,5-8,10H2,1-4H3. The molecule has 106 valence electrons. The molecule has 1 aliphatic rings. The van der Waals surface area contributed by atoms with Gasteiger partial charge in [-0.15, -0.1) is 0 Å². The molecule has 4 nitrogen and oxygen atoms in total. The van der Waals surface area contributed by atoms with Crippen molar-refractivity contribution in [1.29, 1.82) is 0 Å². The summed E-state index contributed by atoms with van der Waals surface area (Å²) in [7, 11) is 1.93. The van der Waals surface area contributed by atoms with E-state index in [4.69, 9.17) is 0 Å². The second-order valence-corrected chi connectivity index (χ2v) is 6.53. The quantitative estimate of drug-likeness (QED) is 0.781. The van der Waals surface area contributed by atoms with Crippen LogP contribution in [0.25, 0.3) is 0 Å². The summed E-state index contributed by atoms with van der Waals surface area (Å²) in [5, 5.41) is 4.51. The Balaban J connectivity index is 2.28. The van der Waals surface area contributed by atoms with Gasteiger partial charge in [0, 0.05) is 25.2 Å². The van der Waals surface area contributed by atoms with Crippen molar-refractivity contribution >= 4 is 5.91 Å². The zero-order valence-electron chi connectivity index (χ0n) is 12.5. The van der Waals surface area contributed by atoms with Gasteiger partial charge in [-0.05, 0) is 18.9 Å². The normalized spacial score (nSPS) is 21.3. The highest BCUT2D eigenvalue weighted by Crippen LogP contribution is 2.32. The first-order valence-corrected chi connectivity index (χ1v) is 7.20. The van der Waals surface area contributed by atoms with E-state index in [2.05, 4.69) is 10.00 Å². The van der Waals surface area contributed by atoms with Gasteiger partial charge < -0.3 is 4.90 Å².